The van der Waals surface area contributed by atoms with Crippen LogP contribution in [-0.4, -0.2) is 48.0 Å². The van der Waals surface area contributed by atoms with Crippen molar-refractivity contribution in [2.45, 2.75) is 246 Å². The van der Waals surface area contributed by atoms with Crippen LogP contribution in [0.4, 0.5) is 0 Å². The van der Waals surface area contributed by atoms with Gasteiger partial charge in [-0.3, -0.25) is 23.4 Å². The first-order valence-electron chi connectivity index (χ1n) is 25.8. The SMILES string of the molecule is CC=C1C(OP(=O)(O)OCC(COC(=O)CCCCCCCCCCCCC)OC(=O)CCCCCCCCCCCCC)CC2C3CCC4=CC(=O)CC[C@]4(C)C3CC[C@]12C. The van der Waals surface area contributed by atoms with Crippen LogP contribution < -0.4 is 0 Å². The molecule has 0 aromatic rings. The molecule has 3 fully saturated rings. The van der Waals surface area contributed by atoms with E-state index in [2.05, 4.69) is 33.8 Å². The second-order valence-electron chi connectivity index (χ2n) is 20.1. The lowest BCUT2D eigenvalue weighted by Crippen LogP contribution is -2.49. The highest BCUT2D eigenvalue weighted by molar-refractivity contribution is 7.47. The van der Waals surface area contributed by atoms with Gasteiger partial charge < -0.3 is 14.4 Å². The molecular formula is C52H89O9P. The molecule has 0 saturated heterocycles. The van der Waals surface area contributed by atoms with E-state index in [0.717, 1.165) is 76.2 Å². The number of rotatable bonds is 32. The van der Waals surface area contributed by atoms with E-state index in [0.29, 0.717) is 31.1 Å². The Balaban J connectivity index is 1.26. The number of hydrogen-bond acceptors (Lipinski definition) is 8. The Morgan fingerprint density at radius 3 is 1.81 bits per heavy atom. The van der Waals surface area contributed by atoms with Crippen molar-refractivity contribution >= 4 is 25.5 Å². The molecule has 0 bridgehead atoms. The molecule has 0 heterocycles. The third-order valence-corrected chi connectivity index (χ3v) is 16.5. The number of esters is 2. The van der Waals surface area contributed by atoms with Crippen LogP contribution in [0.2, 0.25) is 0 Å². The number of ether oxygens (including phenoxy) is 2. The fourth-order valence-corrected chi connectivity index (χ4v) is 12.8. The molecule has 4 aliphatic carbocycles. The van der Waals surface area contributed by atoms with Gasteiger partial charge in [0.1, 0.15) is 6.61 Å². The number of allylic oxidation sites excluding steroid dienone is 2. The standard InChI is InChI=1S/C52H89O9P/c1-6-9-11-13-15-17-19-21-23-25-27-29-49(54)58-39-43(60-50(55)30-28-26-24-22-20-18-16-14-12-10-7-2)40-59-62(56,57)61-48-38-47-44-32-31-41-37-42(53)33-35-51(41,4)46(44)34-36-52(47,5)45(48)8-3/h8,37,43-44,46-48H,6-7,9-36,38-40H2,1-5H3,(H,56,57)/t43?,44?,46?,47?,48?,51-,52+/m0/s1. The second kappa shape index (κ2) is 27.6. The van der Waals surface area contributed by atoms with E-state index in [9.17, 15) is 23.8 Å². The molecule has 0 amide bonds. The van der Waals surface area contributed by atoms with Crippen molar-refractivity contribution in [3.63, 3.8) is 0 Å². The highest BCUT2D eigenvalue weighted by Crippen LogP contribution is 2.68. The molecule has 0 spiro atoms. The highest BCUT2D eigenvalue weighted by Gasteiger charge is 2.60. The maximum absolute atomic E-state index is 13.7. The molecular weight excluding hydrogens is 800 g/mol. The smallest absolute Gasteiger partial charge is 0.462 e. The summed E-state index contributed by atoms with van der Waals surface area (Å²) in [5, 5.41) is 0. The molecule has 8 atom stereocenters. The summed E-state index contributed by atoms with van der Waals surface area (Å²) >= 11 is 0. The summed E-state index contributed by atoms with van der Waals surface area (Å²) < 4.78 is 36.7. The molecule has 4 aliphatic rings. The number of carbonyl (C=O) groups excluding carboxylic acids is 3. The summed E-state index contributed by atoms with van der Waals surface area (Å²) in [6.07, 6.45) is 35.0. The summed E-state index contributed by atoms with van der Waals surface area (Å²) in [7, 11) is -4.61. The van der Waals surface area contributed by atoms with Crippen LogP contribution in [0.15, 0.2) is 23.3 Å². The molecule has 6 unspecified atom stereocenters. The molecule has 4 rings (SSSR count). The third kappa shape index (κ3) is 16.6. The molecule has 62 heavy (non-hydrogen) atoms. The number of phosphoric ester groups is 1. The first-order valence-corrected chi connectivity index (χ1v) is 27.3. The Hall–Kier alpha value is -1.80. The lowest BCUT2D eigenvalue weighted by atomic mass is 9.47. The summed E-state index contributed by atoms with van der Waals surface area (Å²) in [5.41, 5.74) is 2.24. The van der Waals surface area contributed by atoms with Crippen LogP contribution in [0.3, 0.4) is 0 Å². The van der Waals surface area contributed by atoms with Gasteiger partial charge in [0, 0.05) is 19.3 Å². The van der Waals surface area contributed by atoms with Crippen LogP contribution >= 0.6 is 7.82 Å². The first-order chi connectivity index (χ1) is 29.9. The number of phosphoric acid groups is 1. The van der Waals surface area contributed by atoms with Gasteiger partial charge in [0.05, 0.1) is 12.7 Å². The predicted molar refractivity (Wildman–Crippen MR) is 249 cm³/mol. The van der Waals surface area contributed by atoms with Crippen LogP contribution in [0.1, 0.15) is 234 Å². The average molecular weight is 889 g/mol. The van der Waals surface area contributed by atoms with Gasteiger partial charge >= 0.3 is 19.8 Å². The summed E-state index contributed by atoms with van der Waals surface area (Å²) in [6.45, 7) is 10.5. The number of hydrogen-bond donors (Lipinski definition) is 1. The largest absolute Gasteiger partial charge is 0.472 e. The minimum Gasteiger partial charge on any atom is -0.462 e. The minimum atomic E-state index is -4.61. The average Bonchev–Trinajstić information content (AvgIpc) is 3.53. The van der Waals surface area contributed by atoms with E-state index >= 15 is 0 Å². The van der Waals surface area contributed by atoms with Gasteiger partial charge in [-0.05, 0) is 98.5 Å². The maximum atomic E-state index is 13.7. The van der Waals surface area contributed by atoms with Gasteiger partial charge in [-0.15, -0.1) is 0 Å². The Morgan fingerprint density at radius 2 is 1.26 bits per heavy atom. The lowest BCUT2D eigenvalue weighted by Gasteiger charge is -2.57. The number of fused-ring (bicyclic) bond motifs is 5. The zero-order chi connectivity index (χ0) is 44.9. The van der Waals surface area contributed by atoms with Gasteiger partial charge in [0.25, 0.3) is 0 Å². The summed E-state index contributed by atoms with van der Waals surface area (Å²) in [4.78, 5) is 49.4. The fourth-order valence-electron chi connectivity index (χ4n) is 11.9. The third-order valence-electron chi connectivity index (χ3n) is 15.5. The van der Waals surface area contributed by atoms with E-state index in [4.69, 9.17) is 18.5 Å². The molecule has 3 saturated carbocycles. The number of unbranched alkanes of at least 4 members (excludes halogenated alkanes) is 20. The molecule has 0 radical (unpaired) electrons. The minimum absolute atomic E-state index is 0.0265. The van der Waals surface area contributed by atoms with E-state index in [-0.39, 0.29) is 47.9 Å². The lowest BCUT2D eigenvalue weighted by molar-refractivity contribution is -0.161. The van der Waals surface area contributed by atoms with Crippen LogP contribution in [-0.2, 0) is 37.5 Å². The van der Waals surface area contributed by atoms with Crippen molar-refractivity contribution in [2.75, 3.05) is 13.2 Å². The van der Waals surface area contributed by atoms with Crippen molar-refractivity contribution in [1.29, 1.82) is 0 Å². The van der Waals surface area contributed by atoms with E-state index in [1.54, 1.807) is 0 Å². The Kier molecular flexibility index (Phi) is 23.5. The van der Waals surface area contributed by atoms with Crippen LogP contribution in [0, 0.1) is 28.6 Å². The van der Waals surface area contributed by atoms with Crippen LogP contribution in [0.5, 0.6) is 0 Å². The Morgan fingerprint density at radius 1 is 0.726 bits per heavy atom. The van der Waals surface area contributed by atoms with E-state index < -0.39 is 32.6 Å². The molecule has 9 nitrogen and oxygen atoms in total. The van der Waals surface area contributed by atoms with Gasteiger partial charge in [0.15, 0.2) is 11.9 Å². The molecule has 0 aromatic carbocycles. The topological polar surface area (TPSA) is 125 Å². The van der Waals surface area contributed by atoms with Crippen molar-refractivity contribution < 1.29 is 42.4 Å². The quantitative estimate of drug-likeness (QED) is 0.0304. The highest BCUT2D eigenvalue weighted by atomic mass is 31.2. The zero-order valence-electron chi connectivity index (χ0n) is 40.0. The first kappa shape index (κ1) is 52.8. The Labute approximate surface area is 377 Å². The van der Waals surface area contributed by atoms with Gasteiger partial charge in [0.2, 0.25) is 0 Å². The summed E-state index contributed by atoms with van der Waals surface area (Å²) in [5.74, 6) is 0.658. The second-order valence-corrected chi connectivity index (χ2v) is 21.5. The van der Waals surface area contributed by atoms with Crippen molar-refractivity contribution in [3.05, 3.63) is 23.3 Å². The molecule has 0 aromatic heterocycles. The van der Waals surface area contributed by atoms with Gasteiger partial charge in [-0.25, -0.2) is 4.57 Å². The monoisotopic (exact) mass is 889 g/mol. The fraction of sp³-hybridized carbons (Fsp3) is 0.865. The summed E-state index contributed by atoms with van der Waals surface area (Å²) in [6, 6.07) is 0. The van der Waals surface area contributed by atoms with Gasteiger partial charge in [-0.2, -0.15) is 0 Å². The number of ketones is 1. The number of carbonyl (C=O) groups is 3. The normalized spacial score (nSPS) is 27.8. The van der Waals surface area contributed by atoms with Crippen molar-refractivity contribution in [1.82, 2.24) is 0 Å². The zero-order valence-corrected chi connectivity index (χ0v) is 40.9. The van der Waals surface area contributed by atoms with Crippen LogP contribution in [0.25, 0.3) is 0 Å². The molecule has 356 valence electrons. The Bertz CT molecular complexity index is 1470. The maximum Gasteiger partial charge on any atom is 0.472 e. The molecule has 0 aliphatic heterocycles. The molecule has 10 heteroatoms. The van der Waals surface area contributed by atoms with Crippen molar-refractivity contribution in [2.24, 2.45) is 28.6 Å². The van der Waals surface area contributed by atoms with Gasteiger partial charge in [-0.1, -0.05) is 168 Å². The van der Waals surface area contributed by atoms with E-state index in [1.165, 1.54) is 102 Å². The van der Waals surface area contributed by atoms with Crippen molar-refractivity contribution in [3.8, 4) is 0 Å². The predicted octanol–water partition coefficient (Wildman–Crippen LogP) is 14.4. The molecule has 1 N–H and O–H groups in total. The van der Waals surface area contributed by atoms with E-state index in [1.807, 2.05) is 13.0 Å².